The van der Waals surface area contributed by atoms with Gasteiger partial charge in [-0.15, -0.1) is 0 Å². The highest BCUT2D eigenvalue weighted by molar-refractivity contribution is 5.01. The second-order valence-electron chi connectivity index (χ2n) is 4.61. The molecule has 0 radical (unpaired) electrons. The Morgan fingerprint density at radius 2 is 1.24 bits per heavy atom. The molecule has 0 fully saturated rings. The van der Waals surface area contributed by atoms with Gasteiger partial charge in [0.25, 0.3) is 0 Å². The number of aliphatic hydroxyl groups excluding tert-OH is 1. The van der Waals surface area contributed by atoms with Crippen LogP contribution in [0, 0.1) is 0 Å². The molecule has 0 heterocycles. The molecule has 0 aliphatic heterocycles. The molecular formula is C16H30O. The molecule has 0 saturated carbocycles. The van der Waals surface area contributed by atoms with Crippen molar-refractivity contribution in [3.8, 4) is 0 Å². The minimum Gasteiger partial charge on any atom is -0.396 e. The summed E-state index contributed by atoms with van der Waals surface area (Å²) in [5.74, 6) is 0. The van der Waals surface area contributed by atoms with Crippen LogP contribution in [-0.4, -0.2) is 11.7 Å². The molecule has 0 spiro atoms. The second-order valence-corrected chi connectivity index (χ2v) is 4.61. The van der Waals surface area contributed by atoms with Crippen LogP contribution in [0.1, 0.15) is 71.1 Å². The molecule has 0 aliphatic rings. The number of unbranched alkanes of at least 4 members (excludes halogenated alkanes) is 8. The van der Waals surface area contributed by atoms with E-state index in [1.807, 2.05) is 0 Å². The van der Waals surface area contributed by atoms with E-state index in [-0.39, 0.29) is 0 Å². The van der Waals surface area contributed by atoms with Gasteiger partial charge in [-0.25, -0.2) is 0 Å². The lowest BCUT2D eigenvalue weighted by molar-refractivity contribution is 0.282. The molecule has 1 heteroatoms. The quantitative estimate of drug-likeness (QED) is 0.374. The van der Waals surface area contributed by atoms with Gasteiger partial charge in [0.1, 0.15) is 0 Å². The molecular weight excluding hydrogens is 208 g/mol. The lowest BCUT2D eigenvalue weighted by Gasteiger charge is -2.00. The van der Waals surface area contributed by atoms with Gasteiger partial charge in [0.2, 0.25) is 0 Å². The largest absolute Gasteiger partial charge is 0.396 e. The van der Waals surface area contributed by atoms with E-state index in [0.717, 1.165) is 12.8 Å². The molecule has 0 aromatic carbocycles. The van der Waals surface area contributed by atoms with Crippen molar-refractivity contribution in [1.29, 1.82) is 0 Å². The first-order valence-electron chi connectivity index (χ1n) is 7.34. The van der Waals surface area contributed by atoms with E-state index in [4.69, 9.17) is 5.11 Å². The zero-order valence-corrected chi connectivity index (χ0v) is 11.5. The summed E-state index contributed by atoms with van der Waals surface area (Å²) in [5, 5.41) is 8.63. The van der Waals surface area contributed by atoms with Crippen molar-refractivity contribution in [2.45, 2.75) is 71.1 Å². The first kappa shape index (κ1) is 16.4. The zero-order chi connectivity index (χ0) is 12.6. The van der Waals surface area contributed by atoms with E-state index in [1.165, 1.54) is 51.4 Å². The van der Waals surface area contributed by atoms with Crippen molar-refractivity contribution in [1.82, 2.24) is 0 Å². The lowest BCUT2D eigenvalue weighted by Crippen LogP contribution is -1.84. The van der Waals surface area contributed by atoms with Crippen LogP contribution in [0.3, 0.4) is 0 Å². The SMILES string of the molecule is CC/C=C/C=C/CCCCCCCCCCO. The van der Waals surface area contributed by atoms with Crippen molar-refractivity contribution in [3.63, 3.8) is 0 Å². The van der Waals surface area contributed by atoms with E-state index in [9.17, 15) is 0 Å². The van der Waals surface area contributed by atoms with E-state index in [1.54, 1.807) is 0 Å². The Morgan fingerprint density at radius 3 is 1.82 bits per heavy atom. The van der Waals surface area contributed by atoms with Crippen molar-refractivity contribution < 1.29 is 5.11 Å². The fourth-order valence-electron chi connectivity index (χ4n) is 1.82. The number of rotatable bonds is 12. The first-order valence-corrected chi connectivity index (χ1v) is 7.34. The van der Waals surface area contributed by atoms with E-state index < -0.39 is 0 Å². The Bertz CT molecular complexity index is 182. The number of hydrogen-bond acceptors (Lipinski definition) is 1. The lowest BCUT2D eigenvalue weighted by atomic mass is 10.1. The van der Waals surface area contributed by atoms with Crippen LogP contribution < -0.4 is 0 Å². The van der Waals surface area contributed by atoms with Crippen LogP contribution in [0.25, 0.3) is 0 Å². The summed E-state index contributed by atoms with van der Waals surface area (Å²) in [6.07, 6.45) is 21.4. The summed E-state index contributed by atoms with van der Waals surface area (Å²) in [7, 11) is 0. The zero-order valence-electron chi connectivity index (χ0n) is 11.5. The predicted molar refractivity (Wildman–Crippen MR) is 77.2 cm³/mol. The molecule has 100 valence electrons. The van der Waals surface area contributed by atoms with Crippen LogP contribution in [0.5, 0.6) is 0 Å². The first-order chi connectivity index (χ1) is 8.41. The van der Waals surface area contributed by atoms with Crippen molar-refractivity contribution >= 4 is 0 Å². The van der Waals surface area contributed by atoms with Gasteiger partial charge < -0.3 is 5.11 Å². The molecule has 0 rings (SSSR count). The summed E-state index contributed by atoms with van der Waals surface area (Å²) in [6.45, 7) is 2.52. The van der Waals surface area contributed by atoms with Crippen LogP contribution in [-0.2, 0) is 0 Å². The third-order valence-electron chi connectivity index (χ3n) is 2.90. The van der Waals surface area contributed by atoms with Crippen LogP contribution in [0.2, 0.25) is 0 Å². The number of aliphatic hydroxyl groups is 1. The van der Waals surface area contributed by atoms with Gasteiger partial charge in [-0.3, -0.25) is 0 Å². The molecule has 0 saturated heterocycles. The van der Waals surface area contributed by atoms with Gasteiger partial charge in [0.05, 0.1) is 0 Å². The highest BCUT2D eigenvalue weighted by Gasteiger charge is 1.91. The van der Waals surface area contributed by atoms with E-state index >= 15 is 0 Å². The minimum atomic E-state index is 0.360. The average molecular weight is 238 g/mol. The number of allylic oxidation sites excluding steroid dienone is 4. The van der Waals surface area contributed by atoms with Gasteiger partial charge in [0.15, 0.2) is 0 Å². The maximum Gasteiger partial charge on any atom is 0.0431 e. The molecule has 0 aliphatic carbocycles. The van der Waals surface area contributed by atoms with Gasteiger partial charge >= 0.3 is 0 Å². The molecule has 17 heavy (non-hydrogen) atoms. The normalized spacial score (nSPS) is 11.9. The summed E-state index contributed by atoms with van der Waals surface area (Å²) in [4.78, 5) is 0. The molecule has 0 unspecified atom stereocenters. The molecule has 0 atom stereocenters. The van der Waals surface area contributed by atoms with E-state index in [0.29, 0.717) is 6.61 Å². The smallest absolute Gasteiger partial charge is 0.0431 e. The third-order valence-corrected chi connectivity index (χ3v) is 2.90. The summed E-state index contributed by atoms with van der Waals surface area (Å²) in [6, 6.07) is 0. The fourth-order valence-corrected chi connectivity index (χ4v) is 1.82. The van der Waals surface area contributed by atoms with Crippen molar-refractivity contribution in [3.05, 3.63) is 24.3 Å². The number of hydrogen-bond donors (Lipinski definition) is 1. The highest BCUT2D eigenvalue weighted by Crippen LogP contribution is 2.09. The highest BCUT2D eigenvalue weighted by atomic mass is 16.2. The monoisotopic (exact) mass is 238 g/mol. The third kappa shape index (κ3) is 15.4. The summed E-state index contributed by atoms with van der Waals surface area (Å²) >= 11 is 0. The van der Waals surface area contributed by atoms with Crippen molar-refractivity contribution in [2.75, 3.05) is 6.61 Å². The topological polar surface area (TPSA) is 20.2 Å². The molecule has 0 aromatic rings. The molecule has 1 N–H and O–H groups in total. The van der Waals surface area contributed by atoms with E-state index in [2.05, 4.69) is 31.2 Å². The maximum absolute atomic E-state index is 8.63. The Balaban J connectivity index is 3.03. The Labute approximate surface area is 108 Å². The van der Waals surface area contributed by atoms with Gasteiger partial charge in [-0.05, 0) is 25.7 Å². The second kappa shape index (κ2) is 15.4. The van der Waals surface area contributed by atoms with Gasteiger partial charge in [-0.2, -0.15) is 0 Å². The average Bonchev–Trinajstić information content (AvgIpc) is 2.35. The minimum absolute atomic E-state index is 0.360. The van der Waals surface area contributed by atoms with Gasteiger partial charge in [-0.1, -0.05) is 69.8 Å². The van der Waals surface area contributed by atoms with Crippen LogP contribution in [0.15, 0.2) is 24.3 Å². The summed E-state index contributed by atoms with van der Waals surface area (Å²) < 4.78 is 0. The molecule has 0 amide bonds. The maximum atomic E-state index is 8.63. The van der Waals surface area contributed by atoms with Crippen LogP contribution in [0.4, 0.5) is 0 Å². The Kier molecular flexibility index (Phi) is 14.9. The van der Waals surface area contributed by atoms with Crippen LogP contribution >= 0.6 is 0 Å². The Hall–Kier alpha value is -0.560. The molecule has 0 bridgehead atoms. The molecule has 0 aromatic heterocycles. The molecule has 1 nitrogen and oxygen atoms in total. The Morgan fingerprint density at radius 1 is 0.706 bits per heavy atom. The standard InChI is InChI=1S/C16H30O/c1-2-3-4-5-6-7-8-9-10-11-12-13-14-15-16-17/h3-6,17H,2,7-16H2,1H3/b4-3+,6-5+. The predicted octanol–water partition coefficient (Wildman–Crippen LogP) is 5.01. The fraction of sp³-hybridized carbons (Fsp3) is 0.750. The summed E-state index contributed by atoms with van der Waals surface area (Å²) in [5.41, 5.74) is 0. The van der Waals surface area contributed by atoms with Gasteiger partial charge in [0, 0.05) is 6.61 Å². The van der Waals surface area contributed by atoms with Crippen molar-refractivity contribution in [2.24, 2.45) is 0 Å².